The van der Waals surface area contributed by atoms with Gasteiger partial charge in [-0.2, -0.15) is 0 Å². The lowest BCUT2D eigenvalue weighted by atomic mass is 9.94. The molecule has 0 fully saturated rings. The van der Waals surface area contributed by atoms with E-state index >= 15 is 0 Å². The van der Waals surface area contributed by atoms with Gasteiger partial charge in [0.15, 0.2) is 0 Å². The highest BCUT2D eigenvalue weighted by Crippen LogP contribution is 2.37. The molecule has 0 unspecified atom stereocenters. The van der Waals surface area contributed by atoms with Crippen molar-refractivity contribution < 1.29 is 14.3 Å². The highest BCUT2D eigenvalue weighted by atomic mass is 35.5. The van der Waals surface area contributed by atoms with Gasteiger partial charge in [0.25, 0.3) is 5.91 Å². The summed E-state index contributed by atoms with van der Waals surface area (Å²) in [5.41, 5.74) is 1.68. The molecule has 0 saturated heterocycles. The number of carbonyl (C=O) groups excluding carboxylic acids is 2. The average molecular weight is 406 g/mol. The summed E-state index contributed by atoms with van der Waals surface area (Å²) in [6.45, 7) is 1.65. The third kappa shape index (κ3) is 3.86. The number of amides is 3. The first kappa shape index (κ1) is 19.1. The van der Waals surface area contributed by atoms with Crippen molar-refractivity contribution in [1.29, 1.82) is 0 Å². The van der Waals surface area contributed by atoms with Gasteiger partial charge >= 0.3 is 6.03 Å². The second-order valence-corrected chi connectivity index (χ2v) is 6.67. The van der Waals surface area contributed by atoms with Crippen LogP contribution in [0.4, 0.5) is 10.5 Å². The Bertz CT molecular complexity index is 923. The topological polar surface area (TPSA) is 79.5 Å². The number of halogens is 2. The number of hydrogen-bond donors (Lipinski definition) is 3. The average Bonchev–Trinajstić information content (AvgIpc) is 2.61. The lowest BCUT2D eigenvalue weighted by Crippen LogP contribution is -2.46. The van der Waals surface area contributed by atoms with Gasteiger partial charge in [-0.25, -0.2) is 4.79 Å². The van der Waals surface area contributed by atoms with Crippen molar-refractivity contribution in [2.45, 2.75) is 13.0 Å². The zero-order chi connectivity index (χ0) is 19.6. The predicted octanol–water partition coefficient (Wildman–Crippen LogP) is 4.27. The third-order valence-corrected chi connectivity index (χ3v) is 4.82. The summed E-state index contributed by atoms with van der Waals surface area (Å²) in [6.07, 6.45) is 0. The summed E-state index contributed by atoms with van der Waals surface area (Å²) in [7, 11) is 1.52. The molecule has 0 aliphatic carbocycles. The normalized spacial score (nSPS) is 16.4. The minimum atomic E-state index is -0.797. The summed E-state index contributed by atoms with van der Waals surface area (Å²) in [5, 5.41) is 8.86. The molecule has 0 bridgehead atoms. The Morgan fingerprint density at radius 2 is 1.78 bits per heavy atom. The van der Waals surface area contributed by atoms with Crippen molar-refractivity contribution in [2.24, 2.45) is 0 Å². The Balaban J connectivity index is 2.03. The number of nitrogens with one attached hydrogen (secondary N) is 3. The Kier molecular flexibility index (Phi) is 5.58. The van der Waals surface area contributed by atoms with Crippen LogP contribution in [0.25, 0.3) is 0 Å². The molecule has 2 aromatic carbocycles. The fourth-order valence-corrected chi connectivity index (χ4v) is 3.55. The molecule has 1 aliphatic rings. The molecule has 6 nitrogen and oxygen atoms in total. The maximum atomic E-state index is 13.1. The molecule has 27 heavy (non-hydrogen) atoms. The van der Waals surface area contributed by atoms with Crippen LogP contribution in [0.2, 0.25) is 10.0 Å². The van der Waals surface area contributed by atoms with E-state index in [-0.39, 0.29) is 0 Å². The maximum absolute atomic E-state index is 13.1. The predicted molar refractivity (Wildman–Crippen MR) is 105 cm³/mol. The van der Waals surface area contributed by atoms with Crippen LogP contribution in [0.3, 0.4) is 0 Å². The molecule has 0 spiro atoms. The van der Waals surface area contributed by atoms with Crippen LogP contribution in [-0.4, -0.2) is 19.0 Å². The monoisotopic (exact) mass is 405 g/mol. The first-order valence-electron chi connectivity index (χ1n) is 8.09. The van der Waals surface area contributed by atoms with E-state index in [1.54, 1.807) is 49.4 Å². The molecule has 1 aliphatic heterocycles. The van der Waals surface area contributed by atoms with Gasteiger partial charge < -0.3 is 20.7 Å². The van der Waals surface area contributed by atoms with Gasteiger partial charge in [-0.1, -0.05) is 41.4 Å². The molecule has 3 rings (SSSR count). The molecule has 8 heteroatoms. The van der Waals surface area contributed by atoms with Crippen LogP contribution >= 0.6 is 23.2 Å². The fraction of sp³-hybridized carbons (Fsp3) is 0.158. The van der Waals surface area contributed by atoms with E-state index in [1.165, 1.54) is 7.11 Å². The Morgan fingerprint density at radius 1 is 1.11 bits per heavy atom. The number of allylic oxidation sites excluding steroid dienone is 1. The number of methoxy groups -OCH3 is 1. The van der Waals surface area contributed by atoms with E-state index in [1.807, 2.05) is 0 Å². The number of anilines is 1. The maximum Gasteiger partial charge on any atom is 0.319 e. The van der Waals surface area contributed by atoms with Crippen molar-refractivity contribution >= 4 is 40.8 Å². The van der Waals surface area contributed by atoms with Crippen molar-refractivity contribution in [3.8, 4) is 5.75 Å². The van der Waals surface area contributed by atoms with E-state index < -0.39 is 18.0 Å². The van der Waals surface area contributed by atoms with Gasteiger partial charge in [-0.15, -0.1) is 0 Å². The van der Waals surface area contributed by atoms with Crippen molar-refractivity contribution in [2.75, 3.05) is 12.4 Å². The molecule has 3 N–H and O–H groups in total. The lowest BCUT2D eigenvalue weighted by Gasteiger charge is -2.29. The highest BCUT2D eigenvalue weighted by Gasteiger charge is 2.34. The van der Waals surface area contributed by atoms with E-state index in [0.29, 0.717) is 38.3 Å². The Morgan fingerprint density at radius 3 is 2.44 bits per heavy atom. The lowest BCUT2D eigenvalue weighted by molar-refractivity contribution is -0.113. The van der Waals surface area contributed by atoms with Crippen LogP contribution in [0.1, 0.15) is 18.5 Å². The molecule has 0 aromatic heterocycles. The molecule has 140 valence electrons. The second-order valence-electron chi connectivity index (χ2n) is 5.86. The van der Waals surface area contributed by atoms with Crippen molar-refractivity contribution in [3.05, 3.63) is 69.3 Å². The van der Waals surface area contributed by atoms with Gasteiger partial charge in [0.1, 0.15) is 5.75 Å². The van der Waals surface area contributed by atoms with E-state index in [4.69, 9.17) is 27.9 Å². The number of hydrogen-bond acceptors (Lipinski definition) is 3. The first-order valence-corrected chi connectivity index (χ1v) is 8.84. The smallest absolute Gasteiger partial charge is 0.319 e. The molecular weight excluding hydrogens is 389 g/mol. The summed E-state index contributed by atoms with van der Waals surface area (Å²) in [4.78, 5) is 25.1. The molecule has 1 heterocycles. The summed E-state index contributed by atoms with van der Waals surface area (Å²) in [5.74, 6) is 0.106. The zero-order valence-corrected chi connectivity index (χ0v) is 16.1. The molecule has 2 aromatic rings. The van der Waals surface area contributed by atoms with Crippen LogP contribution < -0.4 is 20.7 Å². The second kappa shape index (κ2) is 7.90. The molecule has 0 radical (unpaired) electrons. The molecule has 3 amide bonds. The van der Waals surface area contributed by atoms with Gasteiger partial charge in [-0.05, 0) is 31.2 Å². The van der Waals surface area contributed by atoms with Crippen LogP contribution in [0.15, 0.2) is 53.7 Å². The number of rotatable bonds is 4. The van der Waals surface area contributed by atoms with Crippen LogP contribution in [0, 0.1) is 0 Å². The first-order chi connectivity index (χ1) is 12.9. The molecule has 0 saturated carbocycles. The van der Waals surface area contributed by atoms with Gasteiger partial charge in [0, 0.05) is 21.3 Å². The minimum Gasteiger partial charge on any atom is -0.495 e. The standard InChI is InChI=1S/C19H17Cl2N3O3/c1-10-15(18(25)23-13-8-3-4-9-14(13)27-2)17(24-19(26)22-10)16-11(20)6-5-7-12(16)21/h3-9,17H,1-2H3,(H,23,25)(H2,22,24,26)/t17-/m1/s1. The fourth-order valence-electron chi connectivity index (χ4n) is 2.94. The molecular formula is C19H17Cl2N3O3. The Hall–Kier alpha value is -2.70. The summed E-state index contributed by atoms with van der Waals surface area (Å²) in [6, 6.07) is 10.8. The largest absolute Gasteiger partial charge is 0.495 e. The van der Waals surface area contributed by atoms with Crippen LogP contribution in [0.5, 0.6) is 5.75 Å². The van der Waals surface area contributed by atoms with Crippen LogP contribution in [-0.2, 0) is 4.79 Å². The summed E-state index contributed by atoms with van der Waals surface area (Å²) >= 11 is 12.6. The number of benzene rings is 2. The highest BCUT2D eigenvalue weighted by molar-refractivity contribution is 6.36. The van der Waals surface area contributed by atoms with E-state index in [0.717, 1.165) is 0 Å². The Labute approximate surface area is 166 Å². The number of ether oxygens (including phenoxy) is 1. The SMILES string of the molecule is COc1ccccc1NC(=O)C1=C(C)NC(=O)N[C@H]1c1c(Cl)cccc1Cl. The number of carbonyl (C=O) groups is 2. The quantitative estimate of drug-likeness (QED) is 0.710. The van der Waals surface area contributed by atoms with Crippen molar-refractivity contribution in [3.63, 3.8) is 0 Å². The van der Waals surface area contributed by atoms with Gasteiger partial charge in [0.05, 0.1) is 24.4 Å². The minimum absolute atomic E-state index is 0.301. The van der Waals surface area contributed by atoms with E-state index in [9.17, 15) is 9.59 Å². The molecule has 1 atom stereocenters. The zero-order valence-electron chi connectivity index (χ0n) is 14.6. The summed E-state index contributed by atoms with van der Waals surface area (Å²) < 4.78 is 5.27. The third-order valence-electron chi connectivity index (χ3n) is 4.16. The van der Waals surface area contributed by atoms with Gasteiger partial charge in [-0.3, -0.25) is 4.79 Å². The number of urea groups is 1. The van der Waals surface area contributed by atoms with Crippen molar-refractivity contribution in [1.82, 2.24) is 10.6 Å². The van der Waals surface area contributed by atoms with E-state index in [2.05, 4.69) is 16.0 Å². The van der Waals surface area contributed by atoms with Gasteiger partial charge in [0.2, 0.25) is 0 Å². The number of para-hydroxylation sites is 2.